The van der Waals surface area contributed by atoms with Crippen LogP contribution in [-0.2, 0) is 0 Å². The second-order valence-corrected chi connectivity index (χ2v) is 5.62. The summed E-state index contributed by atoms with van der Waals surface area (Å²) < 4.78 is 0. The third-order valence-electron chi connectivity index (χ3n) is 4.62. The molecule has 2 heteroatoms. The van der Waals surface area contributed by atoms with Crippen LogP contribution in [0.25, 0.3) is 0 Å². The van der Waals surface area contributed by atoms with Gasteiger partial charge in [0.15, 0.2) is 0 Å². The zero-order chi connectivity index (χ0) is 11.4. The van der Waals surface area contributed by atoms with Crippen molar-refractivity contribution < 1.29 is 0 Å². The SMILES string of the molecule is CC[C@@H](C)N1CCC(N2CCCCC2)CC1. The molecule has 2 rings (SSSR count). The summed E-state index contributed by atoms with van der Waals surface area (Å²) in [4.78, 5) is 5.44. The van der Waals surface area contributed by atoms with Gasteiger partial charge >= 0.3 is 0 Å². The van der Waals surface area contributed by atoms with Gasteiger partial charge in [-0.25, -0.2) is 0 Å². The molecule has 0 aromatic rings. The molecule has 1 atom stereocenters. The first-order valence-corrected chi connectivity index (χ1v) is 7.29. The first-order chi connectivity index (χ1) is 7.81. The number of hydrogen-bond acceptors (Lipinski definition) is 2. The van der Waals surface area contributed by atoms with Crippen molar-refractivity contribution in [1.82, 2.24) is 9.80 Å². The van der Waals surface area contributed by atoms with Crippen molar-refractivity contribution in [3.05, 3.63) is 0 Å². The highest BCUT2D eigenvalue weighted by molar-refractivity contribution is 4.83. The molecular formula is C14H28N2. The van der Waals surface area contributed by atoms with Crippen LogP contribution >= 0.6 is 0 Å². The Morgan fingerprint density at radius 1 is 1.00 bits per heavy atom. The maximum absolute atomic E-state index is 2.76. The lowest BCUT2D eigenvalue weighted by Crippen LogP contribution is -2.48. The maximum atomic E-state index is 2.76. The van der Waals surface area contributed by atoms with E-state index >= 15 is 0 Å². The van der Waals surface area contributed by atoms with Gasteiger partial charge in [-0.3, -0.25) is 0 Å². The van der Waals surface area contributed by atoms with E-state index in [1.807, 2.05) is 0 Å². The monoisotopic (exact) mass is 224 g/mol. The van der Waals surface area contributed by atoms with E-state index in [2.05, 4.69) is 23.6 Å². The Bertz CT molecular complexity index is 191. The Morgan fingerprint density at radius 2 is 1.62 bits per heavy atom. The van der Waals surface area contributed by atoms with Gasteiger partial charge in [-0.05, 0) is 65.2 Å². The Morgan fingerprint density at radius 3 is 2.19 bits per heavy atom. The van der Waals surface area contributed by atoms with E-state index in [0.717, 1.165) is 12.1 Å². The van der Waals surface area contributed by atoms with Crippen molar-refractivity contribution in [2.24, 2.45) is 0 Å². The van der Waals surface area contributed by atoms with E-state index in [4.69, 9.17) is 0 Å². The fraction of sp³-hybridized carbons (Fsp3) is 1.00. The molecule has 0 unspecified atom stereocenters. The smallest absolute Gasteiger partial charge is 0.0120 e. The molecule has 2 saturated heterocycles. The van der Waals surface area contributed by atoms with Crippen LogP contribution in [0.4, 0.5) is 0 Å². The minimum atomic E-state index is 0.794. The Labute approximate surface area is 101 Å². The van der Waals surface area contributed by atoms with Crippen LogP contribution in [0.2, 0.25) is 0 Å². The van der Waals surface area contributed by atoms with Gasteiger partial charge in [-0.15, -0.1) is 0 Å². The van der Waals surface area contributed by atoms with Gasteiger partial charge in [0.05, 0.1) is 0 Å². The van der Waals surface area contributed by atoms with E-state index in [9.17, 15) is 0 Å². The van der Waals surface area contributed by atoms with Gasteiger partial charge in [-0.1, -0.05) is 13.3 Å². The highest BCUT2D eigenvalue weighted by Gasteiger charge is 2.26. The minimum Gasteiger partial charge on any atom is -0.301 e. The summed E-state index contributed by atoms with van der Waals surface area (Å²) in [5.41, 5.74) is 0. The summed E-state index contributed by atoms with van der Waals surface area (Å²) in [6, 6.07) is 1.70. The molecule has 2 heterocycles. The average molecular weight is 224 g/mol. The van der Waals surface area contributed by atoms with E-state index in [-0.39, 0.29) is 0 Å². The molecule has 0 aliphatic carbocycles. The van der Waals surface area contributed by atoms with E-state index in [1.165, 1.54) is 64.7 Å². The largest absolute Gasteiger partial charge is 0.301 e. The van der Waals surface area contributed by atoms with E-state index in [1.54, 1.807) is 0 Å². The van der Waals surface area contributed by atoms with Crippen molar-refractivity contribution in [3.63, 3.8) is 0 Å². The van der Waals surface area contributed by atoms with Crippen molar-refractivity contribution in [1.29, 1.82) is 0 Å². The van der Waals surface area contributed by atoms with E-state index in [0.29, 0.717) is 0 Å². The Kier molecular flexibility index (Phi) is 4.66. The van der Waals surface area contributed by atoms with Gasteiger partial charge in [0.2, 0.25) is 0 Å². The van der Waals surface area contributed by atoms with Crippen molar-refractivity contribution in [3.8, 4) is 0 Å². The summed E-state index contributed by atoms with van der Waals surface area (Å²) in [6.07, 6.45) is 8.45. The van der Waals surface area contributed by atoms with Crippen LogP contribution in [0.15, 0.2) is 0 Å². The van der Waals surface area contributed by atoms with Crippen LogP contribution in [0, 0.1) is 0 Å². The zero-order valence-electron chi connectivity index (χ0n) is 11.1. The molecule has 0 aromatic carbocycles. The molecular weight excluding hydrogens is 196 g/mol. The summed E-state index contributed by atoms with van der Waals surface area (Å²) in [6.45, 7) is 10.1. The summed E-state index contributed by atoms with van der Waals surface area (Å²) in [5, 5.41) is 0. The average Bonchev–Trinajstić information content (AvgIpc) is 2.39. The van der Waals surface area contributed by atoms with E-state index < -0.39 is 0 Å². The Balaban J connectivity index is 1.75. The first kappa shape index (κ1) is 12.4. The molecule has 2 fully saturated rings. The van der Waals surface area contributed by atoms with Crippen molar-refractivity contribution >= 4 is 0 Å². The second kappa shape index (κ2) is 6.02. The number of rotatable bonds is 3. The summed E-state index contributed by atoms with van der Waals surface area (Å²) in [7, 11) is 0. The standard InChI is InChI=1S/C14H28N2/c1-3-13(2)15-11-7-14(8-12-15)16-9-5-4-6-10-16/h13-14H,3-12H2,1-2H3/t13-/m1/s1. The van der Waals surface area contributed by atoms with Crippen LogP contribution in [0.5, 0.6) is 0 Å². The van der Waals surface area contributed by atoms with Crippen LogP contribution in [0.3, 0.4) is 0 Å². The number of hydrogen-bond donors (Lipinski definition) is 0. The molecule has 16 heavy (non-hydrogen) atoms. The van der Waals surface area contributed by atoms with Crippen LogP contribution in [0.1, 0.15) is 52.4 Å². The van der Waals surface area contributed by atoms with Crippen LogP contribution in [-0.4, -0.2) is 48.1 Å². The molecule has 94 valence electrons. The molecule has 0 spiro atoms. The Hall–Kier alpha value is -0.0800. The molecule has 0 radical (unpaired) electrons. The topological polar surface area (TPSA) is 6.48 Å². The molecule has 2 aliphatic heterocycles. The molecule has 0 amide bonds. The maximum Gasteiger partial charge on any atom is 0.0120 e. The number of nitrogens with zero attached hydrogens (tertiary/aromatic N) is 2. The predicted molar refractivity (Wildman–Crippen MR) is 69.8 cm³/mol. The van der Waals surface area contributed by atoms with Crippen LogP contribution < -0.4 is 0 Å². The molecule has 0 bridgehead atoms. The quantitative estimate of drug-likeness (QED) is 0.727. The third-order valence-corrected chi connectivity index (χ3v) is 4.62. The molecule has 0 N–H and O–H groups in total. The predicted octanol–water partition coefficient (Wildman–Crippen LogP) is 2.74. The second-order valence-electron chi connectivity index (χ2n) is 5.62. The van der Waals surface area contributed by atoms with Gasteiger partial charge < -0.3 is 9.80 Å². The number of piperidine rings is 2. The fourth-order valence-corrected chi connectivity index (χ4v) is 3.23. The lowest BCUT2D eigenvalue weighted by Gasteiger charge is -2.41. The third kappa shape index (κ3) is 2.98. The molecule has 2 nitrogen and oxygen atoms in total. The number of likely N-dealkylation sites (tertiary alicyclic amines) is 2. The highest BCUT2D eigenvalue weighted by atomic mass is 15.2. The molecule has 2 aliphatic rings. The minimum absolute atomic E-state index is 0.794. The normalized spacial score (nSPS) is 28.1. The van der Waals surface area contributed by atoms with Gasteiger partial charge in [0, 0.05) is 12.1 Å². The lowest BCUT2D eigenvalue weighted by atomic mass is 9.98. The molecule has 0 saturated carbocycles. The van der Waals surface area contributed by atoms with Crippen molar-refractivity contribution in [2.75, 3.05) is 26.2 Å². The zero-order valence-corrected chi connectivity index (χ0v) is 11.1. The summed E-state index contributed by atoms with van der Waals surface area (Å²) >= 11 is 0. The summed E-state index contributed by atoms with van der Waals surface area (Å²) in [5.74, 6) is 0. The van der Waals surface area contributed by atoms with Gasteiger partial charge in [0.25, 0.3) is 0 Å². The van der Waals surface area contributed by atoms with Gasteiger partial charge in [0.1, 0.15) is 0 Å². The fourth-order valence-electron chi connectivity index (χ4n) is 3.23. The van der Waals surface area contributed by atoms with Gasteiger partial charge in [-0.2, -0.15) is 0 Å². The lowest BCUT2D eigenvalue weighted by molar-refractivity contribution is 0.0751. The first-order valence-electron chi connectivity index (χ1n) is 7.29. The highest BCUT2D eigenvalue weighted by Crippen LogP contribution is 2.22. The van der Waals surface area contributed by atoms with Crippen molar-refractivity contribution in [2.45, 2.75) is 64.5 Å². The molecule has 0 aromatic heterocycles.